The number of carbonyl (C=O) groups excluding carboxylic acids is 2. The number of halogens is 2. The molecule has 136 valence electrons. The van der Waals surface area contributed by atoms with Crippen LogP contribution in [-0.4, -0.2) is 40.5 Å². The van der Waals surface area contributed by atoms with Gasteiger partial charge in [0, 0.05) is 21.2 Å². The quantitative estimate of drug-likeness (QED) is 0.691. The maximum atomic E-state index is 13.0. The second kappa shape index (κ2) is 8.31. The fourth-order valence-corrected chi connectivity index (χ4v) is 3.48. The van der Waals surface area contributed by atoms with E-state index in [-0.39, 0.29) is 24.3 Å². The summed E-state index contributed by atoms with van der Waals surface area (Å²) >= 11 is 13.8. The van der Waals surface area contributed by atoms with Gasteiger partial charge in [0.25, 0.3) is 11.8 Å². The van der Waals surface area contributed by atoms with E-state index in [0.29, 0.717) is 21.2 Å². The zero-order valence-corrected chi connectivity index (χ0v) is 16.2. The molecule has 1 unspecified atom stereocenters. The first-order valence-electron chi connectivity index (χ1n) is 7.78. The molecule has 1 heterocycles. The number of amides is 2. The highest BCUT2D eigenvalue weighted by molar-refractivity contribution is 7.98. The van der Waals surface area contributed by atoms with Gasteiger partial charge in [0.2, 0.25) is 0 Å². The maximum absolute atomic E-state index is 13.0. The predicted molar refractivity (Wildman–Crippen MR) is 103 cm³/mol. The van der Waals surface area contributed by atoms with Crippen LogP contribution in [0.5, 0.6) is 0 Å². The van der Waals surface area contributed by atoms with Gasteiger partial charge in [-0.2, -0.15) is 5.06 Å². The first kappa shape index (κ1) is 19.0. The standard InChI is InChI=1S/C18H16Cl2N2O3S/c1-26-11-25-22-16(23)10-21(18(24)12-5-3-2-4-6-12)17(22)14-8-7-13(19)9-15(14)20/h2-9,17H,10-11H2,1H3. The Morgan fingerprint density at radius 1 is 1.23 bits per heavy atom. The molecule has 2 aromatic rings. The molecular weight excluding hydrogens is 395 g/mol. The van der Waals surface area contributed by atoms with E-state index >= 15 is 0 Å². The molecule has 0 saturated carbocycles. The third kappa shape index (κ3) is 3.83. The Morgan fingerprint density at radius 3 is 2.62 bits per heavy atom. The van der Waals surface area contributed by atoms with Crippen molar-refractivity contribution in [3.05, 3.63) is 69.7 Å². The van der Waals surface area contributed by atoms with Gasteiger partial charge in [-0.1, -0.05) is 47.5 Å². The lowest BCUT2D eigenvalue weighted by Crippen LogP contribution is -2.35. The van der Waals surface area contributed by atoms with E-state index in [0.717, 1.165) is 0 Å². The smallest absolute Gasteiger partial charge is 0.268 e. The van der Waals surface area contributed by atoms with Crippen LogP contribution in [0.4, 0.5) is 0 Å². The summed E-state index contributed by atoms with van der Waals surface area (Å²) in [6, 6.07) is 13.7. The fourth-order valence-electron chi connectivity index (χ4n) is 2.75. The zero-order valence-electron chi connectivity index (χ0n) is 13.9. The van der Waals surface area contributed by atoms with E-state index < -0.39 is 6.17 Å². The monoisotopic (exact) mass is 410 g/mol. The molecule has 0 aliphatic carbocycles. The Balaban J connectivity index is 2.01. The van der Waals surface area contributed by atoms with Gasteiger partial charge >= 0.3 is 0 Å². The second-order valence-corrected chi connectivity index (χ2v) is 7.25. The lowest BCUT2D eigenvalue weighted by atomic mass is 10.1. The Labute approximate surface area is 165 Å². The van der Waals surface area contributed by atoms with Crippen LogP contribution in [0.3, 0.4) is 0 Å². The molecular formula is C18H16Cl2N2O3S. The molecule has 0 bridgehead atoms. The van der Waals surface area contributed by atoms with Crippen molar-refractivity contribution in [3.8, 4) is 0 Å². The Morgan fingerprint density at radius 2 is 1.96 bits per heavy atom. The van der Waals surface area contributed by atoms with Gasteiger partial charge in [-0.15, -0.1) is 11.8 Å². The van der Waals surface area contributed by atoms with E-state index in [9.17, 15) is 9.59 Å². The van der Waals surface area contributed by atoms with Crippen LogP contribution >= 0.6 is 35.0 Å². The molecule has 8 heteroatoms. The van der Waals surface area contributed by atoms with Gasteiger partial charge in [0.1, 0.15) is 12.5 Å². The third-order valence-electron chi connectivity index (χ3n) is 3.90. The lowest BCUT2D eigenvalue weighted by molar-refractivity contribution is -0.186. The second-order valence-electron chi connectivity index (χ2n) is 5.59. The van der Waals surface area contributed by atoms with E-state index in [1.54, 1.807) is 42.5 Å². The first-order valence-corrected chi connectivity index (χ1v) is 9.92. The molecule has 1 saturated heterocycles. The van der Waals surface area contributed by atoms with E-state index in [4.69, 9.17) is 28.0 Å². The minimum atomic E-state index is -0.757. The van der Waals surface area contributed by atoms with E-state index in [1.165, 1.54) is 21.7 Å². The largest absolute Gasteiger partial charge is 0.302 e. The van der Waals surface area contributed by atoms with Crippen LogP contribution in [-0.2, 0) is 9.63 Å². The van der Waals surface area contributed by atoms with Gasteiger partial charge in [0.05, 0.1) is 0 Å². The number of thioether (sulfide) groups is 1. The van der Waals surface area contributed by atoms with Gasteiger partial charge in [-0.3, -0.25) is 14.4 Å². The molecule has 5 nitrogen and oxygen atoms in total. The van der Waals surface area contributed by atoms with Gasteiger partial charge < -0.3 is 4.90 Å². The van der Waals surface area contributed by atoms with E-state index in [1.807, 2.05) is 12.3 Å². The summed E-state index contributed by atoms with van der Waals surface area (Å²) in [6.07, 6.45) is 1.10. The molecule has 2 aromatic carbocycles. The topological polar surface area (TPSA) is 49.9 Å². The minimum absolute atomic E-state index is 0.0915. The maximum Gasteiger partial charge on any atom is 0.268 e. The van der Waals surface area contributed by atoms with Gasteiger partial charge in [0.15, 0.2) is 6.17 Å². The Kier molecular flexibility index (Phi) is 6.09. The minimum Gasteiger partial charge on any atom is -0.302 e. The van der Waals surface area contributed by atoms with Crippen LogP contribution in [0.25, 0.3) is 0 Å². The van der Waals surface area contributed by atoms with Gasteiger partial charge in [-0.25, -0.2) is 0 Å². The highest BCUT2D eigenvalue weighted by Gasteiger charge is 2.43. The normalized spacial score (nSPS) is 17.0. The molecule has 1 aliphatic rings. The molecule has 1 atom stereocenters. The fraction of sp³-hybridized carbons (Fsp3) is 0.222. The zero-order chi connectivity index (χ0) is 18.7. The van der Waals surface area contributed by atoms with E-state index in [2.05, 4.69) is 0 Å². The van der Waals surface area contributed by atoms with Crippen molar-refractivity contribution in [1.29, 1.82) is 0 Å². The number of rotatable bonds is 5. The number of hydrogen-bond donors (Lipinski definition) is 0. The first-order chi connectivity index (χ1) is 12.5. The summed E-state index contributed by atoms with van der Waals surface area (Å²) in [5.74, 6) is -0.301. The van der Waals surface area contributed by atoms with Crippen molar-refractivity contribution in [3.63, 3.8) is 0 Å². The summed E-state index contributed by atoms with van der Waals surface area (Å²) in [7, 11) is 0. The van der Waals surface area contributed by atoms with Crippen molar-refractivity contribution < 1.29 is 14.4 Å². The number of benzene rings is 2. The molecule has 0 N–H and O–H groups in total. The Bertz CT molecular complexity index is 819. The SMILES string of the molecule is CSCON1C(=O)CN(C(=O)c2ccccc2)C1c1ccc(Cl)cc1Cl. The summed E-state index contributed by atoms with van der Waals surface area (Å²) < 4.78 is 0. The van der Waals surface area contributed by atoms with Crippen molar-refractivity contribution in [2.75, 3.05) is 18.7 Å². The van der Waals surface area contributed by atoms with Crippen LogP contribution in [0, 0.1) is 0 Å². The summed E-state index contributed by atoms with van der Waals surface area (Å²) in [5, 5.41) is 2.05. The predicted octanol–water partition coefficient (Wildman–Crippen LogP) is 4.23. The number of carbonyl (C=O) groups is 2. The molecule has 0 spiro atoms. The lowest BCUT2D eigenvalue weighted by Gasteiger charge is -2.29. The van der Waals surface area contributed by atoms with Crippen molar-refractivity contribution in [2.45, 2.75) is 6.17 Å². The van der Waals surface area contributed by atoms with Crippen molar-refractivity contribution >= 4 is 46.8 Å². The molecule has 0 radical (unpaired) electrons. The highest BCUT2D eigenvalue weighted by Crippen LogP contribution is 2.37. The van der Waals surface area contributed by atoms with Gasteiger partial charge in [-0.05, 0) is 30.5 Å². The number of nitrogens with zero attached hydrogens (tertiary/aromatic N) is 2. The summed E-state index contributed by atoms with van der Waals surface area (Å²) in [4.78, 5) is 32.6. The van der Waals surface area contributed by atoms with Crippen molar-refractivity contribution in [2.24, 2.45) is 0 Å². The number of hydrogen-bond acceptors (Lipinski definition) is 4. The van der Waals surface area contributed by atoms with Crippen LogP contribution in [0.15, 0.2) is 48.5 Å². The molecule has 26 heavy (non-hydrogen) atoms. The van der Waals surface area contributed by atoms with Crippen molar-refractivity contribution in [1.82, 2.24) is 9.96 Å². The molecule has 3 rings (SSSR count). The number of hydroxylamine groups is 2. The average Bonchev–Trinajstić information content (AvgIpc) is 2.96. The van der Waals surface area contributed by atoms with Crippen LogP contribution in [0.1, 0.15) is 22.1 Å². The molecule has 0 aromatic heterocycles. The molecule has 2 amide bonds. The third-order valence-corrected chi connectivity index (χ3v) is 4.80. The van der Waals surface area contributed by atoms with Crippen LogP contribution < -0.4 is 0 Å². The molecule has 1 fully saturated rings. The highest BCUT2D eigenvalue weighted by atomic mass is 35.5. The summed E-state index contributed by atoms with van der Waals surface area (Å²) in [5.41, 5.74) is 1.06. The summed E-state index contributed by atoms with van der Waals surface area (Å²) in [6.45, 7) is -0.0915. The van der Waals surface area contributed by atoms with Crippen LogP contribution in [0.2, 0.25) is 10.0 Å². The molecule has 1 aliphatic heterocycles. The Hall–Kier alpha value is -1.73. The average molecular weight is 411 g/mol.